The molecule has 0 saturated carbocycles. The highest BCUT2D eigenvalue weighted by Gasteiger charge is 2.22. The SMILES string of the molecule is O=S(=O)(CC1CCCN1)Nc1ccc(F)cc1Cl. The van der Waals surface area contributed by atoms with E-state index in [0.29, 0.717) is 0 Å². The largest absolute Gasteiger partial charge is 0.313 e. The van der Waals surface area contributed by atoms with E-state index in [1.54, 1.807) is 0 Å². The van der Waals surface area contributed by atoms with Crippen molar-refractivity contribution in [3.8, 4) is 0 Å². The van der Waals surface area contributed by atoms with Crippen molar-refractivity contribution in [2.75, 3.05) is 17.0 Å². The number of nitrogens with one attached hydrogen (secondary N) is 2. The topological polar surface area (TPSA) is 58.2 Å². The summed E-state index contributed by atoms with van der Waals surface area (Å²) in [5.41, 5.74) is 0.205. The first-order valence-electron chi connectivity index (χ1n) is 5.65. The summed E-state index contributed by atoms with van der Waals surface area (Å²) >= 11 is 5.77. The molecule has 0 amide bonds. The molecule has 1 unspecified atom stereocenters. The van der Waals surface area contributed by atoms with Gasteiger partial charge >= 0.3 is 0 Å². The summed E-state index contributed by atoms with van der Waals surface area (Å²) in [7, 11) is -3.47. The number of hydrogen-bond donors (Lipinski definition) is 2. The van der Waals surface area contributed by atoms with Gasteiger partial charge in [-0.05, 0) is 37.6 Å². The molecule has 1 heterocycles. The van der Waals surface area contributed by atoms with Crippen molar-refractivity contribution in [3.05, 3.63) is 29.0 Å². The molecule has 2 rings (SSSR count). The first-order chi connectivity index (χ1) is 8.46. The summed E-state index contributed by atoms with van der Waals surface area (Å²) in [6, 6.07) is 3.53. The lowest BCUT2D eigenvalue weighted by Crippen LogP contribution is -2.32. The summed E-state index contributed by atoms with van der Waals surface area (Å²) in [5.74, 6) is -0.499. The highest BCUT2D eigenvalue weighted by molar-refractivity contribution is 7.92. The van der Waals surface area contributed by atoms with Crippen molar-refractivity contribution in [1.29, 1.82) is 0 Å². The van der Waals surface area contributed by atoms with E-state index in [-0.39, 0.29) is 22.5 Å². The van der Waals surface area contributed by atoms with E-state index < -0.39 is 15.8 Å². The number of halogens is 2. The summed E-state index contributed by atoms with van der Waals surface area (Å²) in [4.78, 5) is 0. The van der Waals surface area contributed by atoms with Crippen LogP contribution in [0.1, 0.15) is 12.8 Å². The van der Waals surface area contributed by atoms with Gasteiger partial charge in [0.15, 0.2) is 0 Å². The van der Waals surface area contributed by atoms with Crippen molar-refractivity contribution in [2.45, 2.75) is 18.9 Å². The maximum atomic E-state index is 12.8. The molecular weight excluding hydrogens is 279 g/mol. The predicted molar refractivity (Wildman–Crippen MR) is 69.8 cm³/mol. The first kappa shape index (κ1) is 13.6. The molecule has 1 fully saturated rings. The van der Waals surface area contributed by atoms with Crippen LogP contribution in [0.25, 0.3) is 0 Å². The third-order valence-corrected chi connectivity index (χ3v) is 4.46. The van der Waals surface area contributed by atoms with Gasteiger partial charge < -0.3 is 5.32 Å². The molecule has 2 N–H and O–H groups in total. The minimum absolute atomic E-state index is 0.000700. The molecule has 1 aromatic rings. The molecule has 18 heavy (non-hydrogen) atoms. The number of benzene rings is 1. The average molecular weight is 293 g/mol. The minimum Gasteiger partial charge on any atom is -0.313 e. The van der Waals surface area contributed by atoms with Gasteiger partial charge in [-0.3, -0.25) is 4.72 Å². The molecule has 4 nitrogen and oxygen atoms in total. The van der Waals surface area contributed by atoms with Crippen LogP contribution in [0.4, 0.5) is 10.1 Å². The van der Waals surface area contributed by atoms with Crippen molar-refractivity contribution >= 4 is 27.3 Å². The second-order valence-corrected chi connectivity index (χ2v) is 6.48. The Bertz CT molecular complexity index is 530. The Labute approximate surface area is 111 Å². The van der Waals surface area contributed by atoms with Gasteiger partial charge in [0, 0.05) is 6.04 Å². The monoisotopic (exact) mass is 292 g/mol. The number of rotatable bonds is 4. The van der Waals surface area contributed by atoms with E-state index in [9.17, 15) is 12.8 Å². The van der Waals surface area contributed by atoms with Crippen LogP contribution in [0, 0.1) is 5.82 Å². The lowest BCUT2D eigenvalue weighted by molar-refractivity contribution is 0.581. The molecule has 1 aliphatic rings. The molecule has 0 spiro atoms. The van der Waals surface area contributed by atoms with Crippen LogP contribution >= 0.6 is 11.6 Å². The number of hydrogen-bond acceptors (Lipinski definition) is 3. The summed E-state index contributed by atoms with van der Waals surface area (Å²) in [6.45, 7) is 0.845. The highest BCUT2D eigenvalue weighted by Crippen LogP contribution is 2.23. The van der Waals surface area contributed by atoms with Crippen LogP contribution in [0.2, 0.25) is 5.02 Å². The molecule has 1 atom stereocenters. The van der Waals surface area contributed by atoms with Crippen LogP contribution in [-0.4, -0.2) is 26.8 Å². The Morgan fingerprint density at radius 1 is 1.50 bits per heavy atom. The molecule has 0 aliphatic carbocycles. The molecular formula is C11H14ClFN2O2S. The number of sulfonamides is 1. The zero-order valence-corrected chi connectivity index (χ0v) is 11.2. The molecule has 0 radical (unpaired) electrons. The van der Waals surface area contributed by atoms with E-state index in [1.165, 1.54) is 6.07 Å². The maximum absolute atomic E-state index is 12.8. The molecule has 1 aromatic carbocycles. The molecule has 100 valence electrons. The predicted octanol–water partition coefficient (Wildman–Crippen LogP) is 1.97. The Kier molecular flexibility index (Phi) is 4.09. The van der Waals surface area contributed by atoms with E-state index >= 15 is 0 Å². The fourth-order valence-corrected chi connectivity index (χ4v) is 3.63. The van der Waals surface area contributed by atoms with E-state index in [4.69, 9.17) is 11.6 Å². The van der Waals surface area contributed by atoms with Gasteiger partial charge in [-0.25, -0.2) is 12.8 Å². The first-order valence-corrected chi connectivity index (χ1v) is 7.68. The van der Waals surface area contributed by atoms with Gasteiger partial charge in [0.25, 0.3) is 0 Å². The molecule has 7 heteroatoms. The maximum Gasteiger partial charge on any atom is 0.234 e. The fraction of sp³-hybridized carbons (Fsp3) is 0.455. The van der Waals surface area contributed by atoms with Gasteiger partial charge in [0.2, 0.25) is 10.0 Å². The van der Waals surface area contributed by atoms with Crippen molar-refractivity contribution < 1.29 is 12.8 Å². The van der Waals surface area contributed by atoms with Gasteiger partial charge in [-0.15, -0.1) is 0 Å². The van der Waals surface area contributed by atoms with Crippen LogP contribution in [0.15, 0.2) is 18.2 Å². The second-order valence-electron chi connectivity index (χ2n) is 4.30. The van der Waals surface area contributed by atoms with Crippen LogP contribution in [0.5, 0.6) is 0 Å². The van der Waals surface area contributed by atoms with E-state index in [1.807, 2.05) is 0 Å². The summed E-state index contributed by atoms with van der Waals surface area (Å²) < 4.78 is 39.0. The van der Waals surface area contributed by atoms with Crippen LogP contribution < -0.4 is 10.0 Å². The van der Waals surface area contributed by atoms with Gasteiger partial charge in [-0.2, -0.15) is 0 Å². The quantitative estimate of drug-likeness (QED) is 0.892. The smallest absolute Gasteiger partial charge is 0.234 e. The van der Waals surface area contributed by atoms with Crippen molar-refractivity contribution in [3.63, 3.8) is 0 Å². The Hall–Kier alpha value is -0.850. The summed E-state index contributed by atoms with van der Waals surface area (Å²) in [5, 5.41) is 3.16. The standard InChI is InChI=1S/C11H14ClFN2O2S/c12-10-6-8(13)3-4-11(10)15-18(16,17)7-9-2-1-5-14-9/h3-4,6,9,14-15H,1-2,5,7H2. The normalized spacial score (nSPS) is 20.0. The van der Waals surface area contributed by atoms with Crippen molar-refractivity contribution in [1.82, 2.24) is 5.32 Å². The number of anilines is 1. The molecule has 1 saturated heterocycles. The van der Waals surface area contributed by atoms with E-state index in [2.05, 4.69) is 10.0 Å². The molecule has 1 aliphatic heterocycles. The third-order valence-electron chi connectivity index (χ3n) is 2.78. The summed E-state index contributed by atoms with van der Waals surface area (Å²) in [6.07, 6.45) is 1.83. The second kappa shape index (κ2) is 5.42. The fourth-order valence-electron chi connectivity index (χ4n) is 1.95. The lowest BCUT2D eigenvalue weighted by Gasteiger charge is -2.13. The van der Waals surface area contributed by atoms with Crippen LogP contribution in [0.3, 0.4) is 0 Å². The molecule has 0 aromatic heterocycles. The van der Waals surface area contributed by atoms with Gasteiger partial charge in [0.1, 0.15) is 5.82 Å². The van der Waals surface area contributed by atoms with Gasteiger partial charge in [-0.1, -0.05) is 11.6 Å². The zero-order valence-electron chi connectivity index (χ0n) is 9.62. The van der Waals surface area contributed by atoms with Crippen LogP contribution in [-0.2, 0) is 10.0 Å². The Morgan fingerprint density at radius 3 is 2.89 bits per heavy atom. The third kappa shape index (κ3) is 3.57. The molecule has 0 bridgehead atoms. The zero-order chi connectivity index (χ0) is 13.2. The Morgan fingerprint density at radius 2 is 2.28 bits per heavy atom. The Balaban J connectivity index is 2.07. The highest BCUT2D eigenvalue weighted by atomic mass is 35.5. The lowest BCUT2D eigenvalue weighted by atomic mass is 10.3. The minimum atomic E-state index is -3.47. The van der Waals surface area contributed by atoms with Crippen molar-refractivity contribution in [2.24, 2.45) is 0 Å². The average Bonchev–Trinajstić information content (AvgIpc) is 2.74. The van der Waals surface area contributed by atoms with Gasteiger partial charge in [0.05, 0.1) is 16.5 Å². The van der Waals surface area contributed by atoms with E-state index in [0.717, 1.165) is 31.5 Å².